The van der Waals surface area contributed by atoms with Crippen molar-refractivity contribution in [2.75, 3.05) is 0 Å². The van der Waals surface area contributed by atoms with E-state index in [0.717, 1.165) is 32.1 Å². The molecule has 70 valence electrons. The van der Waals surface area contributed by atoms with Crippen LogP contribution < -0.4 is 0 Å². The highest BCUT2D eigenvalue weighted by molar-refractivity contribution is 5.79. The number of carbonyl (C=O) groups excluding carboxylic acids is 1. The normalized spacial score (nSPS) is 12.5. The first kappa shape index (κ1) is 11.3. The van der Waals surface area contributed by atoms with Crippen molar-refractivity contribution in [1.82, 2.24) is 0 Å². The Balaban J connectivity index is 3.84. The van der Waals surface area contributed by atoms with Gasteiger partial charge >= 0.3 is 0 Å². The number of hydrogen-bond acceptors (Lipinski definition) is 2. The van der Waals surface area contributed by atoms with Crippen LogP contribution in [0.4, 0.5) is 0 Å². The van der Waals surface area contributed by atoms with Crippen LogP contribution in [0.5, 0.6) is 0 Å². The summed E-state index contributed by atoms with van der Waals surface area (Å²) in [6.07, 6.45) is 4.62. The van der Waals surface area contributed by atoms with E-state index in [2.05, 4.69) is 12.1 Å². The molecular weight excluding hydrogens is 154 g/mol. The van der Waals surface area contributed by atoms with Crippen molar-refractivity contribution in [1.29, 1.82) is 0 Å². The lowest BCUT2D eigenvalue weighted by Gasteiger charge is -2.08. The molecule has 3 heteroatoms. The second kappa shape index (κ2) is 6.95. The highest BCUT2D eigenvalue weighted by Gasteiger charge is 2.16. The maximum atomic E-state index is 10.9. The summed E-state index contributed by atoms with van der Waals surface area (Å²) in [5.74, 6) is -0.585. The fourth-order valence-corrected chi connectivity index (χ4v) is 1.26. The highest BCUT2D eigenvalue weighted by atomic mass is 16.3. The summed E-state index contributed by atoms with van der Waals surface area (Å²) in [7, 11) is 0. The van der Waals surface area contributed by atoms with E-state index >= 15 is 0 Å². The predicted octanol–water partition coefficient (Wildman–Crippen LogP) is 2.89. The van der Waals surface area contributed by atoms with Crippen LogP contribution in [0.3, 0.4) is 0 Å². The van der Waals surface area contributed by atoms with Gasteiger partial charge in [0.25, 0.3) is 5.91 Å². The van der Waals surface area contributed by atoms with Gasteiger partial charge in [0, 0.05) is 11.1 Å². The summed E-state index contributed by atoms with van der Waals surface area (Å²) in [4.78, 5) is 20.9. The van der Waals surface area contributed by atoms with Crippen LogP contribution >= 0.6 is 0 Å². The van der Waals surface area contributed by atoms with Gasteiger partial charge in [0.2, 0.25) is 0 Å². The van der Waals surface area contributed by atoms with E-state index in [1.54, 1.807) is 0 Å². The Morgan fingerprint density at radius 1 is 1.25 bits per heavy atom. The lowest BCUT2D eigenvalue weighted by molar-refractivity contribution is -0.122. The lowest BCUT2D eigenvalue weighted by Crippen LogP contribution is -2.11. The van der Waals surface area contributed by atoms with Gasteiger partial charge in [-0.05, 0) is 12.8 Å². The summed E-state index contributed by atoms with van der Waals surface area (Å²) in [5.41, 5.74) is 0. The van der Waals surface area contributed by atoms with E-state index in [9.17, 15) is 9.70 Å². The quantitative estimate of drug-likeness (QED) is 0.577. The minimum atomic E-state index is -0.467. The first-order chi connectivity index (χ1) is 5.76. The van der Waals surface area contributed by atoms with Crippen molar-refractivity contribution in [2.45, 2.75) is 46.0 Å². The van der Waals surface area contributed by atoms with Crippen LogP contribution in [-0.4, -0.2) is 5.91 Å². The summed E-state index contributed by atoms with van der Waals surface area (Å²) < 4.78 is 0. The largest absolute Gasteiger partial charge is 0.289 e. The fourth-order valence-electron chi connectivity index (χ4n) is 1.26. The van der Waals surface area contributed by atoms with Crippen LogP contribution in [0.15, 0.2) is 5.18 Å². The van der Waals surface area contributed by atoms with Gasteiger partial charge in [0.15, 0.2) is 0 Å². The molecule has 3 nitrogen and oxygen atoms in total. The molecule has 0 radical (unpaired) electrons. The van der Waals surface area contributed by atoms with Gasteiger partial charge in [-0.25, -0.2) is 0 Å². The Morgan fingerprint density at radius 2 is 1.92 bits per heavy atom. The molecule has 0 aliphatic carbocycles. The second-order valence-corrected chi connectivity index (χ2v) is 3.06. The summed E-state index contributed by atoms with van der Waals surface area (Å²) in [5, 5.41) is 2.47. The molecule has 0 saturated carbocycles. The van der Waals surface area contributed by atoms with Crippen LogP contribution in [0.25, 0.3) is 0 Å². The van der Waals surface area contributed by atoms with Crippen LogP contribution in [-0.2, 0) is 4.79 Å². The first-order valence-corrected chi connectivity index (χ1v) is 4.63. The zero-order chi connectivity index (χ0) is 9.40. The van der Waals surface area contributed by atoms with Gasteiger partial charge in [-0.2, -0.15) is 0 Å². The van der Waals surface area contributed by atoms with Gasteiger partial charge < -0.3 is 0 Å². The van der Waals surface area contributed by atoms with Crippen molar-refractivity contribution in [3.05, 3.63) is 4.91 Å². The molecule has 0 heterocycles. The first-order valence-electron chi connectivity index (χ1n) is 4.63. The van der Waals surface area contributed by atoms with E-state index in [0.29, 0.717) is 0 Å². The molecule has 0 aromatic rings. The molecule has 0 aliphatic heterocycles. The molecule has 1 amide bonds. The third-order valence-electron chi connectivity index (χ3n) is 1.98. The van der Waals surface area contributed by atoms with Crippen LogP contribution in [0, 0.1) is 10.8 Å². The molecule has 1 unspecified atom stereocenters. The van der Waals surface area contributed by atoms with E-state index in [-0.39, 0.29) is 5.92 Å². The smallest absolute Gasteiger partial charge is 0.269 e. The average Bonchev–Trinajstić information content (AvgIpc) is 2.11. The van der Waals surface area contributed by atoms with E-state index in [1.165, 1.54) is 0 Å². The second-order valence-electron chi connectivity index (χ2n) is 3.06. The minimum Gasteiger partial charge on any atom is -0.269 e. The molecule has 12 heavy (non-hydrogen) atoms. The monoisotopic (exact) mass is 171 g/mol. The molecule has 0 aromatic carbocycles. The Kier molecular flexibility index (Phi) is 6.53. The SMILES string of the molecule is CCCCC(CCC)C(=O)N=O. The molecule has 0 bridgehead atoms. The fraction of sp³-hybridized carbons (Fsp3) is 0.889. The number of nitroso groups, excluding NO2 is 1. The Labute approximate surface area is 73.5 Å². The Morgan fingerprint density at radius 3 is 2.33 bits per heavy atom. The van der Waals surface area contributed by atoms with Gasteiger partial charge in [-0.1, -0.05) is 33.1 Å². The molecule has 0 fully saturated rings. The molecule has 0 rings (SSSR count). The highest BCUT2D eigenvalue weighted by Crippen LogP contribution is 2.16. The average molecular weight is 171 g/mol. The molecule has 1 atom stereocenters. The molecule has 0 aliphatic rings. The molecular formula is C9H17NO2. The molecule has 0 aromatic heterocycles. The summed E-state index contributed by atoms with van der Waals surface area (Å²) >= 11 is 0. The van der Waals surface area contributed by atoms with E-state index < -0.39 is 5.91 Å². The maximum Gasteiger partial charge on any atom is 0.289 e. The van der Waals surface area contributed by atoms with Gasteiger partial charge in [-0.15, -0.1) is 4.91 Å². The number of nitrogens with zero attached hydrogens (tertiary/aromatic N) is 1. The zero-order valence-corrected chi connectivity index (χ0v) is 7.88. The van der Waals surface area contributed by atoms with Gasteiger partial charge in [-0.3, -0.25) is 4.79 Å². The topological polar surface area (TPSA) is 46.5 Å². The summed E-state index contributed by atoms with van der Waals surface area (Å²) in [6, 6.07) is 0. The van der Waals surface area contributed by atoms with Crippen LogP contribution in [0.2, 0.25) is 0 Å². The predicted molar refractivity (Wildman–Crippen MR) is 48.7 cm³/mol. The minimum absolute atomic E-state index is 0.118. The van der Waals surface area contributed by atoms with Crippen LogP contribution in [0.1, 0.15) is 46.0 Å². The standard InChI is InChI=1S/C9H17NO2/c1-3-5-7-8(6-4-2)9(11)10-12/h8H,3-7H2,1-2H3. The number of amides is 1. The van der Waals surface area contributed by atoms with Crippen molar-refractivity contribution in [3.63, 3.8) is 0 Å². The lowest BCUT2D eigenvalue weighted by atomic mass is 9.97. The zero-order valence-electron chi connectivity index (χ0n) is 7.88. The Bertz CT molecular complexity index is 145. The molecule has 0 spiro atoms. The third-order valence-corrected chi connectivity index (χ3v) is 1.98. The van der Waals surface area contributed by atoms with Crippen molar-refractivity contribution < 1.29 is 4.79 Å². The third kappa shape index (κ3) is 4.21. The maximum absolute atomic E-state index is 10.9. The number of unbranched alkanes of at least 4 members (excludes halogenated alkanes) is 1. The number of rotatable bonds is 6. The molecule has 0 saturated heterocycles. The number of carbonyl (C=O) groups is 1. The number of hydrogen-bond donors (Lipinski definition) is 0. The van der Waals surface area contributed by atoms with Gasteiger partial charge in [0.05, 0.1) is 0 Å². The van der Waals surface area contributed by atoms with E-state index in [1.807, 2.05) is 6.92 Å². The van der Waals surface area contributed by atoms with E-state index in [4.69, 9.17) is 0 Å². The van der Waals surface area contributed by atoms with Crippen molar-refractivity contribution in [2.24, 2.45) is 11.1 Å². The van der Waals surface area contributed by atoms with Crippen molar-refractivity contribution >= 4 is 5.91 Å². The Hall–Kier alpha value is -0.730. The van der Waals surface area contributed by atoms with Crippen molar-refractivity contribution in [3.8, 4) is 0 Å². The summed E-state index contributed by atoms with van der Waals surface area (Å²) in [6.45, 7) is 4.08. The van der Waals surface area contributed by atoms with Gasteiger partial charge in [0.1, 0.15) is 0 Å². The molecule has 0 N–H and O–H groups in total.